The summed E-state index contributed by atoms with van der Waals surface area (Å²) in [5.74, 6) is -0.321. The van der Waals surface area contributed by atoms with Crippen LogP contribution in [0.4, 0.5) is 5.69 Å². The number of rotatable bonds is 4. The third kappa shape index (κ3) is 4.74. The van der Waals surface area contributed by atoms with Crippen LogP contribution >= 0.6 is 12.4 Å². The van der Waals surface area contributed by atoms with Gasteiger partial charge in [-0.2, -0.15) is 5.10 Å². The lowest BCUT2D eigenvalue weighted by atomic mass is 9.92. The van der Waals surface area contributed by atoms with Crippen LogP contribution in [0.1, 0.15) is 47.8 Å². The van der Waals surface area contributed by atoms with Crippen molar-refractivity contribution in [2.75, 3.05) is 5.32 Å². The first-order valence-electron chi connectivity index (χ1n) is 9.65. The second kappa shape index (κ2) is 9.19. The van der Waals surface area contributed by atoms with Gasteiger partial charge < -0.3 is 11.1 Å². The Kier molecular flexibility index (Phi) is 6.63. The molecule has 158 valence electrons. The summed E-state index contributed by atoms with van der Waals surface area (Å²) in [6, 6.07) is 9.13. The summed E-state index contributed by atoms with van der Waals surface area (Å²) in [5.41, 5.74) is 8.91. The van der Waals surface area contributed by atoms with E-state index in [0.29, 0.717) is 11.4 Å². The highest BCUT2D eigenvalue weighted by atomic mass is 35.5. The monoisotopic (exact) mass is 429 g/mol. The second-order valence-corrected chi connectivity index (χ2v) is 7.44. The summed E-state index contributed by atoms with van der Waals surface area (Å²) in [7, 11) is 0. The van der Waals surface area contributed by atoms with Gasteiger partial charge in [0.15, 0.2) is 5.69 Å². The van der Waals surface area contributed by atoms with Crippen LogP contribution in [0, 0.1) is 6.92 Å². The van der Waals surface area contributed by atoms with Gasteiger partial charge in [-0.1, -0.05) is 17.3 Å². The molecule has 1 saturated carbocycles. The number of H-pyrrole nitrogens is 1. The number of hydrogen-bond acceptors (Lipinski definition) is 6. The third-order valence-electron chi connectivity index (χ3n) is 5.32. The average Bonchev–Trinajstić information content (AvgIpc) is 3.21. The molecule has 1 amide bonds. The largest absolute Gasteiger partial charge is 0.328 e. The number of benzene rings is 1. The van der Waals surface area contributed by atoms with Gasteiger partial charge in [-0.05, 0) is 50.3 Å². The molecular formula is C20H24ClN7O2. The molecule has 0 atom stereocenters. The first kappa shape index (κ1) is 21.7. The number of nitrogens with zero attached hydrogens (tertiary/aromatic N) is 4. The summed E-state index contributed by atoms with van der Waals surface area (Å²) in [5, 5.41) is 17.5. The van der Waals surface area contributed by atoms with Crippen LogP contribution < -0.4 is 16.6 Å². The Balaban J connectivity index is 0.00000256. The van der Waals surface area contributed by atoms with E-state index < -0.39 is 0 Å². The smallest absolute Gasteiger partial charge is 0.277 e. The van der Waals surface area contributed by atoms with Crippen LogP contribution in [-0.2, 0) is 0 Å². The van der Waals surface area contributed by atoms with Crippen LogP contribution in [-0.4, -0.2) is 37.1 Å². The molecule has 2 aromatic heterocycles. The maximum atomic E-state index is 12.7. The summed E-state index contributed by atoms with van der Waals surface area (Å²) < 4.78 is 1.77. The van der Waals surface area contributed by atoms with E-state index in [1.165, 1.54) is 6.07 Å². The van der Waals surface area contributed by atoms with E-state index in [1.807, 2.05) is 25.1 Å². The van der Waals surface area contributed by atoms with E-state index in [-0.39, 0.29) is 41.7 Å². The van der Waals surface area contributed by atoms with E-state index in [1.54, 1.807) is 16.9 Å². The molecule has 1 fully saturated rings. The highest BCUT2D eigenvalue weighted by molar-refractivity contribution is 6.03. The van der Waals surface area contributed by atoms with Gasteiger partial charge in [0.2, 0.25) is 0 Å². The molecule has 1 aromatic carbocycles. The van der Waals surface area contributed by atoms with Crippen molar-refractivity contribution < 1.29 is 4.79 Å². The fourth-order valence-corrected chi connectivity index (χ4v) is 3.53. The molecule has 1 aliphatic carbocycles. The topological polar surface area (TPSA) is 132 Å². The van der Waals surface area contributed by atoms with Crippen molar-refractivity contribution >= 4 is 24.0 Å². The molecular weight excluding hydrogens is 406 g/mol. The van der Waals surface area contributed by atoms with Crippen LogP contribution in [0.3, 0.4) is 0 Å². The van der Waals surface area contributed by atoms with Gasteiger partial charge in [0.05, 0.1) is 17.9 Å². The van der Waals surface area contributed by atoms with Gasteiger partial charge in [-0.25, -0.2) is 9.78 Å². The van der Waals surface area contributed by atoms with Gasteiger partial charge in [0.25, 0.3) is 11.5 Å². The number of nitrogens with two attached hydrogens (primary N) is 1. The SMILES string of the molecule is Cc1ccc(-c2ccc(=O)[nH]n2)cc1NC(=O)c1cn(C2CCC(N)CC2)nn1.Cl. The Hall–Kier alpha value is -3.04. The molecule has 30 heavy (non-hydrogen) atoms. The van der Waals surface area contributed by atoms with Crippen LogP contribution in [0.25, 0.3) is 11.3 Å². The lowest BCUT2D eigenvalue weighted by Crippen LogP contribution is -2.28. The minimum absolute atomic E-state index is 0. The maximum Gasteiger partial charge on any atom is 0.277 e. The molecule has 0 bridgehead atoms. The molecule has 0 saturated heterocycles. The molecule has 3 aromatic rings. The number of hydrogen-bond donors (Lipinski definition) is 3. The van der Waals surface area contributed by atoms with Crippen molar-refractivity contribution in [1.82, 2.24) is 25.2 Å². The first-order chi connectivity index (χ1) is 14.0. The highest BCUT2D eigenvalue weighted by Crippen LogP contribution is 2.27. The van der Waals surface area contributed by atoms with Crippen molar-refractivity contribution in [2.24, 2.45) is 5.73 Å². The number of carbonyl (C=O) groups is 1. The van der Waals surface area contributed by atoms with E-state index in [4.69, 9.17) is 5.73 Å². The molecule has 0 unspecified atom stereocenters. The average molecular weight is 430 g/mol. The summed E-state index contributed by atoms with van der Waals surface area (Å²) in [6.07, 6.45) is 5.49. The molecule has 4 rings (SSSR count). The molecule has 10 heteroatoms. The van der Waals surface area contributed by atoms with Gasteiger partial charge in [0.1, 0.15) is 0 Å². The molecule has 9 nitrogen and oxygen atoms in total. The Labute approximate surface area is 179 Å². The first-order valence-corrected chi connectivity index (χ1v) is 9.65. The second-order valence-electron chi connectivity index (χ2n) is 7.44. The number of aromatic nitrogens is 5. The Bertz CT molecular complexity index is 1070. The Morgan fingerprint density at radius 2 is 1.97 bits per heavy atom. The molecule has 2 heterocycles. The van der Waals surface area contributed by atoms with Crippen molar-refractivity contribution in [3.8, 4) is 11.3 Å². The standard InChI is InChI=1S/C20H23N7O2.ClH/c1-12-2-3-13(16-8-9-19(28)25-23-16)10-17(12)22-20(29)18-11-27(26-24-18)15-6-4-14(21)5-7-15;/h2-3,8-11,14-15H,4-7,21H2,1H3,(H,22,29)(H,25,28);1H. The zero-order valence-corrected chi connectivity index (χ0v) is 17.4. The number of halogens is 1. The van der Waals surface area contributed by atoms with Crippen molar-refractivity contribution in [3.63, 3.8) is 0 Å². The predicted octanol–water partition coefficient (Wildman–Crippen LogP) is 2.45. The molecule has 1 aliphatic rings. The third-order valence-corrected chi connectivity index (χ3v) is 5.32. The van der Waals surface area contributed by atoms with Gasteiger partial charge in [0, 0.05) is 23.4 Å². The van der Waals surface area contributed by atoms with Crippen molar-refractivity contribution in [1.29, 1.82) is 0 Å². The number of aryl methyl sites for hydroxylation is 1. The Morgan fingerprint density at radius 3 is 2.67 bits per heavy atom. The number of anilines is 1. The maximum absolute atomic E-state index is 12.7. The zero-order valence-electron chi connectivity index (χ0n) is 16.5. The summed E-state index contributed by atoms with van der Waals surface area (Å²) in [6.45, 7) is 1.90. The molecule has 0 radical (unpaired) electrons. The minimum atomic E-state index is -0.321. The number of amides is 1. The van der Waals surface area contributed by atoms with Crippen molar-refractivity contribution in [2.45, 2.75) is 44.7 Å². The van der Waals surface area contributed by atoms with Gasteiger partial charge in [-0.3, -0.25) is 9.59 Å². The Morgan fingerprint density at radius 1 is 1.20 bits per heavy atom. The lowest BCUT2D eigenvalue weighted by molar-refractivity contribution is 0.102. The number of aromatic amines is 1. The number of nitrogens with one attached hydrogen (secondary N) is 2. The predicted molar refractivity (Wildman–Crippen MR) is 116 cm³/mol. The van der Waals surface area contributed by atoms with E-state index in [2.05, 4.69) is 25.8 Å². The molecule has 0 spiro atoms. The van der Waals surface area contributed by atoms with Crippen LogP contribution in [0.15, 0.2) is 41.3 Å². The summed E-state index contributed by atoms with van der Waals surface area (Å²) >= 11 is 0. The van der Waals surface area contributed by atoms with Crippen LogP contribution in [0.2, 0.25) is 0 Å². The fourth-order valence-electron chi connectivity index (χ4n) is 3.53. The quantitative estimate of drug-likeness (QED) is 0.583. The molecule has 4 N–H and O–H groups in total. The van der Waals surface area contributed by atoms with Crippen molar-refractivity contribution in [3.05, 3.63) is 58.1 Å². The normalized spacial score (nSPS) is 18.5. The number of carbonyl (C=O) groups excluding carboxylic acids is 1. The lowest BCUT2D eigenvalue weighted by Gasteiger charge is -2.25. The van der Waals surface area contributed by atoms with E-state index in [0.717, 1.165) is 36.8 Å². The van der Waals surface area contributed by atoms with E-state index in [9.17, 15) is 9.59 Å². The molecule has 0 aliphatic heterocycles. The zero-order chi connectivity index (χ0) is 20.4. The summed E-state index contributed by atoms with van der Waals surface area (Å²) in [4.78, 5) is 23.9. The minimum Gasteiger partial charge on any atom is -0.328 e. The fraction of sp³-hybridized carbons (Fsp3) is 0.350. The van der Waals surface area contributed by atoms with Gasteiger partial charge in [-0.15, -0.1) is 17.5 Å². The van der Waals surface area contributed by atoms with Crippen LogP contribution in [0.5, 0.6) is 0 Å². The van der Waals surface area contributed by atoms with Gasteiger partial charge >= 0.3 is 0 Å². The highest BCUT2D eigenvalue weighted by Gasteiger charge is 2.22. The van der Waals surface area contributed by atoms with E-state index >= 15 is 0 Å².